The first-order valence-corrected chi connectivity index (χ1v) is 8.53. The summed E-state index contributed by atoms with van der Waals surface area (Å²) in [5, 5.41) is 0. The normalized spacial score (nSPS) is 18.8. The maximum Gasteiger partial charge on any atom is 0.301 e. The minimum Gasteiger partial charge on any atom is -0.271 e. The fraction of sp³-hybridized carbons (Fsp3) is 0.500. The molecule has 1 aliphatic rings. The number of hydrogen-bond donors (Lipinski definition) is 1. The average Bonchev–Trinajstić information content (AvgIpc) is 2.32. The monoisotopic (exact) mass is 380 g/mol. The minimum atomic E-state index is -3.39. The van der Waals surface area contributed by atoms with Crippen LogP contribution in [0.1, 0.15) is 19.8 Å². The highest BCUT2D eigenvalue weighted by atomic mass is 127. The minimum absolute atomic E-state index is 0.612. The van der Waals surface area contributed by atoms with Crippen molar-refractivity contribution in [3.05, 3.63) is 27.8 Å². The summed E-state index contributed by atoms with van der Waals surface area (Å²) < 4.78 is 29.6. The predicted octanol–water partition coefficient (Wildman–Crippen LogP) is 2.68. The Bertz CT molecular complexity index is 493. The second-order valence-electron chi connectivity index (χ2n) is 4.70. The lowest BCUT2D eigenvalue weighted by Gasteiger charge is -2.29. The van der Waals surface area contributed by atoms with E-state index in [1.807, 2.05) is 12.1 Å². The molecule has 6 heteroatoms. The third-order valence-electron chi connectivity index (χ3n) is 3.17. The van der Waals surface area contributed by atoms with Crippen molar-refractivity contribution < 1.29 is 8.42 Å². The quantitative estimate of drug-likeness (QED) is 0.820. The number of piperidine rings is 1. The van der Waals surface area contributed by atoms with Gasteiger partial charge in [0.05, 0.1) is 0 Å². The van der Waals surface area contributed by atoms with Crippen molar-refractivity contribution in [2.45, 2.75) is 19.8 Å². The lowest BCUT2D eigenvalue weighted by molar-refractivity contribution is 0.289. The van der Waals surface area contributed by atoms with Gasteiger partial charge in [0.15, 0.2) is 0 Å². The van der Waals surface area contributed by atoms with Gasteiger partial charge >= 0.3 is 10.2 Å². The van der Waals surface area contributed by atoms with E-state index in [2.05, 4.69) is 34.2 Å². The van der Waals surface area contributed by atoms with Crippen molar-refractivity contribution in [1.29, 1.82) is 0 Å². The number of anilines is 1. The molecular weight excluding hydrogens is 363 g/mol. The second kappa shape index (κ2) is 5.75. The Hall–Kier alpha value is -0.340. The van der Waals surface area contributed by atoms with Crippen molar-refractivity contribution >= 4 is 38.5 Å². The molecule has 0 radical (unpaired) electrons. The van der Waals surface area contributed by atoms with Crippen molar-refractivity contribution in [2.75, 3.05) is 17.8 Å². The molecule has 1 fully saturated rings. The summed E-state index contributed by atoms with van der Waals surface area (Å²) >= 11 is 2.19. The van der Waals surface area contributed by atoms with Gasteiger partial charge in [-0.1, -0.05) is 6.92 Å². The molecule has 2 rings (SSSR count). The molecular formula is C12H17IN2O2S. The molecule has 0 spiro atoms. The summed E-state index contributed by atoms with van der Waals surface area (Å²) in [6.45, 7) is 3.39. The zero-order valence-electron chi connectivity index (χ0n) is 10.3. The summed E-state index contributed by atoms with van der Waals surface area (Å²) in [6.07, 6.45) is 1.88. The van der Waals surface area contributed by atoms with Crippen LogP contribution >= 0.6 is 22.6 Å². The SMILES string of the molecule is CC1CCN(S(=O)(=O)Nc2ccc(I)cc2)CC1. The molecule has 0 unspecified atom stereocenters. The van der Waals surface area contributed by atoms with Crippen LogP contribution in [0.4, 0.5) is 5.69 Å². The topological polar surface area (TPSA) is 49.4 Å². The Balaban J connectivity index is 2.05. The maximum atomic E-state index is 12.2. The highest BCUT2D eigenvalue weighted by Crippen LogP contribution is 2.20. The van der Waals surface area contributed by atoms with Gasteiger partial charge in [-0.05, 0) is 65.6 Å². The van der Waals surface area contributed by atoms with Crippen LogP contribution in [0.25, 0.3) is 0 Å². The largest absolute Gasteiger partial charge is 0.301 e. The lowest BCUT2D eigenvalue weighted by Crippen LogP contribution is -2.41. The Morgan fingerprint density at radius 3 is 2.33 bits per heavy atom. The molecule has 0 aliphatic carbocycles. The third kappa shape index (κ3) is 3.58. The van der Waals surface area contributed by atoms with Crippen molar-refractivity contribution in [3.8, 4) is 0 Å². The first-order chi connectivity index (χ1) is 8.47. The van der Waals surface area contributed by atoms with Crippen LogP contribution in [0, 0.1) is 9.49 Å². The smallest absolute Gasteiger partial charge is 0.271 e. The fourth-order valence-corrected chi connectivity index (χ4v) is 3.57. The van der Waals surface area contributed by atoms with Crippen LogP contribution < -0.4 is 4.72 Å². The highest BCUT2D eigenvalue weighted by Gasteiger charge is 2.26. The summed E-state index contributed by atoms with van der Waals surface area (Å²) in [7, 11) is -3.39. The van der Waals surface area contributed by atoms with Crippen molar-refractivity contribution in [1.82, 2.24) is 4.31 Å². The molecule has 0 amide bonds. The molecule has 0 saturated carbocycles. The van der Waals surface area contributed by atoms with Gasteiger partial charge in [0.25, 0.3) is 0 Å². The number of nitrogens with zero attached hydrogens (tertiary/aromatic N) is 1. The molecule has 1 aliphatic heterocycles. The first-order valence-electron chi connectivity index (χ1n) is 6.01. The van der Waals surface area contributed by atoms with E-state index in [4.69, 9.17) is 0 Å². The molecule has 1 aromatic carbocycles. The maximum absolute atomic E-state index is 12.2. The van der Waals surface area contributed by atoms with E-state index in [-0.39, 0.29) is 0 Å². The lowest BCUT2D eigenvalue weighted by atomic mass is 10.0. The molecule has 1 saturated heterocycles. The van der Waals surface area contributed by atoms with E-state index in [0.717, 1.165) is 16.4 Å². The number of rotatable bonds is 3. The van der Waals surface area contributed by atoms with Crippen LogP contribution in [0.15, 0.2) is 24.3 Å². The number of halogens is 1. The number of hydrogen-bond acceptors (Lipinski definition) is 2. The van der Waals surface area contributed by atoms with Gasteiger partial charge in [0, 0.05) is 22.3 Å². The van der Waals surface area contributed by atoms with Gasteiger partial charge in [-0.15, -0.1) is 0 Å². The van der Waals surface area contributed by atoms with E-state index >= 15 is 0 Å². The third-order valence-corrected chi connectivity index (χ3v) is 5.43. The molecule has 1 N–H and O–H groups in total. The molecule has 0 bridgehead atoms. The average molecular weight is 380 g/mol. The Labute approximate surface area is 122 Å². The molecule has 1 heterocycles. The van der Waals surface area contributed by atoms with E-state index in [9.17, 15) is 8.42 Å². The Kier molecular flexibility index (Phi) is 4.50. The van der Waals surface area contributed by atoms with Gasteiger partial charge < -0.3 is 0 Å². The molecule has 18 heavy (non-hydrogen) atoms. The Morgan fingerprint density at radius 1 is 1.22 bits per heavy atom. The fourth-order valence-electron chi connectivity index (χ4n) is 1.96. The Morgan fingerprint density at radius 2 is 1.78 bits per heavy atom. The van der Waals surface area contributed by atoms with E-state index in [0.29, 0.717) is 24.7 Å². The summed E-state index contributed by atoms with van der Waals surface area (Å²) in [5.41, 5.74) is 0.619. The van der Waals surface area contributed by atoms with Gasteiger partial charge in [0.2, 0.25) is 0 Å². The number of nitrogens with one attached hydrogen (secondary N) is 1. The predicted molar refractivity (Wildman–Crippen MR) is 81.7 cm³/mol. The first kappa shape index (κ1) is 14.1. The van der Waals surface area contributed by atoms with Crippen LogP contribution in [-0.4, -0.2) is 25.8 Å². The van der Waals surface area contributed by atoms with E-state index in [1.54, 1.807) is 12.1 Å². The van der Waals surface area contributed by atoms with Crippen LogP contribution in [-0.2, 0) is 10.2 Å². The molecule has 4 nitrogen and oxygen atoms in total. The van der Waals surface area contributed by atoms with E-state index < -0.39 is 10.2 Å². The van der Waals surface area contributed by atoms with Gasteiger partial charge in [-0.2, -0.15) is 12.7 Å². The summed E-state index contributed by atoms with van der Waals surface area (Å²) in [6, 6.07) is 7.34. The van der Waals surface area contributed by atoms with Crippen molar-refractivity contribution in [3.63, 3.8) is 0 Å². The molecule has 1 aromatic rings. The number of benzene rings is 1. The van der Waals surface area contributed by atoms with Gasteiger partial charge in [0.1, 0.15) is 0 Å². The van der Waals surface area contributed by atoms with Crippen molar-refractivity contribution in [2.24, 2.45) is 5.92 Å². The van der Waals surface area contributed by atoms with Crippen LogP contribution in [0.2, 0.25) is 0 Å². The molecule has 0 aromatic heterocycles. The summed E-state index contributed by atoms with van der Waals surface area (Å²) in [4.78, 5) is 0. The van der Waals surface area contributed by atoms with E-state index in [1.165, 1.54) is 4.31 Å². The standard InChI is InChI=1S/C12H17IN2O2S/c1-10-6-8-15(9-7-10)18(16,17)14-12-4-2-11(13)3-5-12/h2-5,10,14H,6-9H2,1H3. The van der Waals surface area contributed by atoms with Gasteiger partial charge in [-0.3, -0.25) is 4.72 Å². The molecule has 100 valence electrons. The second-order valence-corrected chi connectivity index (χ2v) is 7.61. The van der Waals surface area contributed by atoms with Crippen LogP contribution in [0.3, 0.4) is 0 Å². The summed E-state index contributed by atoms with van der Waals surface area (Å²) in [5.74, 6) is 0.620. The molecule has 0 atom stereocenters. The van der Waals surface area contributed by atoms with Crippen LogP contribution in [0.5, 0.6) is 0 Å². The zero-order chi connectivity index (χ0) is 13.2. The highest BCUT2D eigenvalue weighted by molar-refractivity contribution is 14.1. The van der Waals surface area contributed by atoms with Gasteiger partial charge in [-0.25, -0.2) is 0 Å². The zero-order valence-corrected chi connectivity index (χ0v) is 13.2.